The number of carbonyl (C=O) groups excluding carboxylic acids is 1. The third-order valence-electron chi connectivity index (χ3n) is 5.51. The minimum atomic E-state index is -0.334. The van der Waals surface area contributed by atoms with Gasteiger partial charge in [-0.15, -0.1) is 0 Å². The highest BCUT2D eigenvalue weighted by Gasteiger charge is 2.42. The summed E-state index contributed by atoms with van der Waals surface area (Å²) in [5.74, 6) is -0.00436. The molecule has 3 heteroatoms. The Morgan fingerprint density at radius 3 is 2.12 bits per heavy atom. The number of hydrogen-bond donors (Lipinski definition) is 0. The average molecular weight is 351 g/mol. The Morgan fingerprint density at radius 1 is 0.962 bits per heavy atom. The monoisotopic (exact) mass is 351 g/mol. The molecule has 26 heavy (non-hydrogen) atoms. The van der Waals surface area contributed by atoms with Gasteiger partial charge in [-0.3, -0.25) is 9.69 Å². The number of carbonyl (C=O) groups is 1. The van der Waals surface area contributed by atoms with Crippen LogP contribution < -0.4 is 0 Å². The Hall–Kier alpha value is -2.13. The molecule has 0 unspecified atom stereocenters. The molecule has 2 aromatic rings. The molecule has 1 fully saturated rings. The summed E-state index contributed by atoms with van der Waals surface area (Å²) in [6.45, 7) is 5.20. The fourth-order valence-electron chi connectivity index (χ4n) is 3.85. The maximum Gasteiger partial charge on any atom is 0.312 e. The largest absolute Gasteiger partial charge is 0.466 e. The van der Waals surface area contributed by atoms with Crippen molar-refractivity contribution >= 4 is 5.97 Å². The van der Waals surface area contributed by atoms with Crippen molar-refractivity contribution in [2.45, 2.75) is 39.2 Å². The Morgan fingerprint density at radius 2 is 1.54 bits per heavy atom. The minimum absolute atomic E-state index is 0.00436. The summed E-state index contributed by atoms with van der Waals surface area (Å²) in [7, 11) is 0. The quantitative estimate of drug-likeness (QED) is 0.690. The van der Waals surface area contributed by atoms with Crippen molar-refractivity contribution in [2.75, 3.05) is 19.7 Å². The molecule has 0 atom stereocenters. The van der Waals surface area contributed by atoms with Crippen LogP contribution >= 0.6 is 0 Å². The van der Waals surface area contributed by atoms with Crippen LogP contribution in [0.1, 0.15) is 37.3 Å². The number of nitrogens with zero attached hydrogens (tertiary/aromatic N) is 1. The van der Waals surface area contributed by atoms with Gasteiger partial charge < -0.3 is 4.74 Å². The number of hydrogen-bond acceptors (Lipinski definition) is 3. The van der Waals surface area contributed by atoms with Crippen LogP contribution in [0.2, 0.25) is 0 Å². The van der Waals surface area contributed by atoms with Gasteiger partial charge in [-0.1, -0.05) is 60.7 Å². The molecular formula is C23H29NO2. The van der Waals surface area contributed by atoms with Gasteiger partial charge in [-0.2, -0.15) is 0 Å². The fraction of sp³-hybridized carbons (Fsp3) is 0.435. The molecule has 3 rings (SSSR count). The molecule has 0 saturated carbocycles. The molecule has 2 aromatic carbocycles. The second-order valence-corrected chi connectivity index (χ2v) is 7.25. The molecule has 1 saturated heterocycles. The second kappa shape index (κ2) is 9.00. The smallest absolute Gasteiger partial charge is 0.312 e. The summed E-state index contributed by atoms with van der Waals surface area (Å²) in [5.41, 5.74) is 2.29. The molecule has 0 aromatic heterocycles. The summed E-state index contributed by atoms with van der Waals surface area (Å²) < 4.78 is 5.47. The maximum absolute atomic E-state index is 12.8. The molecule has 138 valence electrons. The molecule has 3 nitrogen and oxygen atoms in total. The first-order valence-corrected chi connectivity index (χ1v) is 9.69. The highest BCUT2D eigenvalue weighted by molar-refractivity contribution is 5.77. The van der Waals surface area contributed by atoms with Gasteiger partial charge >= 0.3 is 5.97 Å². The Labute approximate surface area is 157 Å². The molecule has 0 radical (unpaired) electrons. The Balaban J connectivity index is 1.63. The maximum atomic E-state index is 12.8. The standard InChI is InChI=1S/C23H29NO2/c1-2-26-22(25)23(14-13-20-9-5-3-6-10-20)15-17-24(18-16-23)19-21-11-7-4-8-12-21/h3-12H,2,13-19H2,1H3. The van der Waals surface area contributed by atoms with Crippen LogP contribution in [0.3, 0.4) is 0 Å². The van der Waals surface area contributed by atoms with Crippen molar-refractivity contribution in [3.63, 3.8) is 0 Å². The molecule has 0 amide bonds. The second-order valence-electron chi connectivity index (χ2n) is 7.25. The lowest BCUT2D eigenvalue weighted by Crippen LogP contribution is -2.45. The van der Waals surface area contributed by atoms with Gasteiger partial charge in [0.1, 0.15) is 0 Å². The van der Waals surface area contributed by atoms with Gasteiger partial charge in [0.2, 0.25) is 0 Å². The van der Waals surface area contributed by atoms with Gasteiger partial charge in [0.15, 0.2) is 0 Å². The van der Waals surface area contributed by atoms with E-state index in [1.807, 2.05) is 13.0 Å². The lowest BCUT2D eigenvalue weighted by Gasteiger charge is -2.40. The van der Waals surface area contributed by atoms with Crippen LogP contribution in [-0.4, -0.2) is 30.6 Å². The number of rotatable bonds is 7. The van der Waals surface area contributed by atoms with E-state index in [2.05, 4.69) is 59.5 Å². The molecule has 0 spiro atoms. The van der Waals surface area contributed by atoms with Gasteiger partial charge in [-0.05, 0) is 56.8 Å². The van der Waals surface area contributed by atoms with Crippen molar-refractivity contribution in [3.8, 4) is 0 Å². The highest BCUT2D eigenvalue weighted by Crippen LogP contribution is 2.38. The number of benzene rings is 2. The van der Waals surface area contributed by atoms with Gasteiger partial charge in [0, 0.05) is 6.54 Å². The van der Waals surface area contributed by atoms with Crippen molar-refractivity contribution in [1.82, 2.24) is 4.90 Å². The van der Waals surface area contributed by atoms with Crippen molar-refractivity contribution in [3.05, 3.63) is 71.8 Å². The van der Waals surface area contributed by atoms with E-state index in [0.29, 0.717) is 6.61 Å². The first-order valence-electron chi connectivity index (χ1n) is 9.69. The van der Waals surface area contributed by atoms with Gasteiger partial charge in [-0.25, -0.2) is 0 Å². The van der Waals surface area contributed by atoms with Crippen molar-refractivity contribution in [2.24, 2.45) is 5.41 Å². The number of likely N-dealkylation sites (tertiary alicyclic amines) is 1. The lowest BCUT2D eigenvalue weighted by molar-refractivity contribution is -0.159. The normalized spacial score (nSPS) is 17.0. The van der Waals surface area contributed by atoms with E-state index in [0.717, 1.165) is 45.3 Å². The average Bonchev–Trinajstić information content (AvgIpc) is 2.69. The minimum Gasteiger partial charge on any atom is -0.466 e. The summed E-state index contributed by atoms with van der Waals surface area (Å²) in [6, 6.07) is 21.0. The van der Waals surface area contributed by atoms with Crippen LogP contribution in [0.25, 0.3) is 0 Å². The Bertz CT molecular complexity index is 676. The third-order valence-corrected chi connectivity index (χ3v) is 5.51. The van der Waals surface area contributed by atoms with Crippen LogP contribution in [0.4, 0.5) is 0 Å². The van der Waals surface area contributed by atoms with E-state index in [-0.39, 0.29) is 11.4 Å². The number of aryl methyl sites for hydroxylation is 1. The molecular weight excluding hydrogens is 322 g/mol. The summed E-state index contributed by atoms with van der Waals surface area (Å²) in [5, 5.41) is 0. The number of esters is 1. The molecule has 1 heterocycles. The zero-order valence-corrected chi connectivity index (χ0v) is 15.7. The SMILES string of the molecule is CCOC(=O)C1(CCc2ccccc2)CCN(Cc2ccccc2)CC1. The zero-order chi connectivity index (χ0) is 18.2. The molecule has 0 aliphatic carbocycles. The van der Waals surface area contributed by atoms with Gasteiger partial charge in [0.25, 0.3) is 0 Å². The molecule has 1 aliphatic rings. The first-order chi connectivity index (χ1) is 12.7. The fourth-order valence-corrected chi connectivity index (χ4v) is 3.85. The molecule has 1 aliphatic heterocycles. The summed E-state index contributed by atoms with van der Waals surface area (Å²) in [6.07, 6.45) is 3.56. The van der Waals surface area contributed by atoms with Crippen LogP contribution in [-0.2, 0) is 22.5 Å². The zero-order valence-electron chi connectivity index (χ0n) is 15.7. The predicted molar refractivity (Wildman–Crippen MR) is 105 cm³/mol. The van der Waals surface area contributed by atoms with E-state index in [1.54, 1.807) is 0 Å². The van der Waals surface area contributed by atoms with E-state index in [9.17, 15) is 4.79 Å². The topological polar surface area (TPSA) is 29.5 Å². The number of piperidine rings is 1. The van der Waals surface area contributed by atoms with E-state index in [4.69, 9.17) is 4.74 Å². The van der Waals surface area contributed by atoms with Crippen molar-refractivity contribution in [1.29, 1.82) is 0 Å². The lowest BCUT2D eigenvalue weighted by atomic mass is 9.74. The summed E-state index contributed by atoms with van der Waals surface area (Å²) >= 11 is 0. The van der Waals surface area contributed by atoms with Crippen LogP contribution in [0.5, 0.6) is 0 Å². The van der Waals surface area contributed by atoms with E-state index < -0.39 is 0 Å². The van der Waals surface area contributed by atoms with E-state index >= 15 is 0 Å². The van der Waals surface area contributed by atoms with E-state index in [1.165, 1.54) is 11.1 Å². The highest BCUT2D eigenvalue weighted by atomic mass is 16.5. The van der Waals surface area contributed by atoms with Crippen LogP contribution in [0, 0.1) is 5.41 Å². The Kier molecular flexibility index (Phi) is 6.45. The summed E-state index contributed by atoms with van der Waals surface area (Å²) in [4.78, 5) is 15.2. The molecule has 0 N–H and O–H groups in total. The van der Waals surface area contributed by atoms with Gasteiger partial charge in [0.05, 0.1) is 12.0 Å². The predicted octanol–water partition coefficient (Wildman–Crippen LogP) is 4.46. The molecule has 0 bridgehead atoms. The number of ether oxygens (including phenoxy) is 1. The van der Waals surface area contributed by atoms with Crippen LogP contribution in [0.15, 0.2) is 60.7 Å². The first kappa shape index (κ1) is 18.7. The van der Waals surface area contributed by atoms with Crippen molar-refractivity contribution < 1.29 is 9.53 Å². The third kappa shape index (κ3) is 4.73.